The maximum atomic E-state index is 13.4. The second kappa shape index (κ2) is 9.35. The highest BCUT2D eigenvalue weighted by atomic mass is 35.5. The molecule has 3 aromatic carbocycles. The Morgan fingerprint density at radius 3 is 2.43 bits per heavy atom. The van der Waals surface area contributed by atoms with Crippen LogP contribution in [0.15, 0.2) is 79.1 Å². The topological polar surface area (TPSA) is 80.1 Å². The van der Waals surface area contributed by atoms with Crippen LogP contribution in [0.2, 0.25) is 5.02 Å². The van der Waals surface area contributed by atoms with E-state index >= 15 is 0 Å². The van der Waals surface area contributed by atoms with Gasteiger partial charge in [-0.25, -0.2) is 4.98 Å². The number of hydrogen-bond acceptors (Lipinski definition) is 4. The zero-order valence-corrected chi connectivity index (χ0v) is 20.1. The van der Waals surface area contributed by atoms with Gasteiger partial charge in [-0.3, -0.25) is 14.3 Å². The number of aromatic nitrogens is 3. The number of hydrogen-bond donors (Lipinski definition) is 1. The van der Waals surface area contributed by atoms with Crippen molar-refractivity contribution in [3.8, 4) is 0 Å². The van der Waals surface area contributed by atoms with E-state index in [-0.39, 0.29) is 23.8 Å². The lowest BCUT2D eigenvalue weighted by Crippen LogP contribution is -2.30. The van der Waals surface area contributed by atoms with Crippen LogP contribution >= 0.6 is 11.6 Å². The van der Waals surface area contributed by atoms with Crippen molar-refractivity contribution in [2.45, 2.75) is 25.8 Å². The molecule has 35 heavy (non-hydrogen) atoms. The summed E-state index contributed by atoms with van der Waals surface area (Å²) in [4.78, 5) is 32.7. The van der Waals surface area contributed by atoms with E-state index in [1.165, 1.54) is 0 Å². The fourth-order valence-electron chi connectivity index (χ4n) is 4.18. The highest BCUT2D eigenvalue weighted by molar-refractivity contribution is 6.30. The smallest absolute Gasteiger partial charge is 0.258 e. The first kappa shape index (κ1) is 22.8. The Bertz CT molecular complexity index is 1380. The maximum absolute atomic E-state index is 13.4. The van der Waals surface area contributed by atoms with Gasteiger partial charge in [-0.05, 0) is 74.0 Å². The first-order valence-corrected chi connectivity index (χ1v) is 11.8. The van der Waals surface area contributed by atoms with Crippen LogP contribution in [0.4, 0.5) is 11.4 Å². The molecule has 0 saturated heterocycles. The summed E-state index contributed by atoms with van der Waals surface area (Å²) in [5.41, 5.74) is 3.34. The summed E-state index contributed by atoms with van der Waals surface area (Å²) in [7, 11) is 0. The van der Waals surface area contributed by atoms with Crippen LogP contribution < -0.4 is 10.2 Å². The van der Waals surface area contributed by atoms with Crippen molar-refractivity contribution >= 4 is 34.8 Å². The Balaban J connectivity index is 1.51. The van der Waals surface area contributed by atoms with E-state index in [2.05, 4.69) is 15.4 Å². The van der Waals surface area contributed by atoms with Crippen LogP contribution in [0.25, 0.3) is 0 Å². The molecule has 5 rings (SSSR count). The largest absolute Gasteiger partial charge is 0.322 e. The molecule has 2 heterocycles. The van der Waals surface area contributed by atoms with E-state index < -0.39 is 0 Å². The lowest BCUT2D eigenvalue weighted by Gasteiger charge is -2.18. The van der Waals surface area contributed by atoms with Crippen molar-refractivity contribution in [2.24, 2.45) is 0 Å². The number of fused-ring (bicyclic) bond motifs is 1. The zero-order valence-electron chi connectivity index (χ0n) is 19.4. The first-order chi connectivity index (χ1) is 16.9. The Kier molecular flexibility index (Phi) is 6.09. The van der Waals surface area contributed by atoms with Crippen LogP contribution in [0.5, 0.6) is 0 Å². The van der Waals surface area contributed by atoms with E-state index in [0.29, 0.717) is 34.2 Å². The number of anilines is 2. The number of nitrogens with zero attached hydrogens (tertiary/aromatic N) is 4. The molecule has 8 heteroatoms. The Labute approximate surface area is 208 Å². The number of rotatable bonds is 5. The quantitative estimate of drug-likeness (QED) is 0.401. The van der Waals surface area contributed by atoms with Gasteiger partial charge in [0.2, 0.25) is 0 Å². The number of halogens is 1. The molecule has 176 valence electrons. The molecule has 1 aromatic heterocycles. The van der Waals surface area contributed by atoms with Crippen molar-refractivity contribution < 1.29 is 9.59 Å². The van der Waals surface area contributed by atoms with Crippen LogP contribution in [-0.4, -0.2) is 33.1 Å². The lowest BCUT2D eigenvalue weighted by atomic mass is 9.98. The maximum Gasteiger partial charge on any atom is 0.258 e. The molecule has 0 fully saturated rings. The van der Waals surface area contributed by atoms with E-state index in [1.807, 2.05) is 44.2 Å². The second-order valence-corrected chi connectivity index (χ2v) is 9.18. The van der Waals surface area contributed by atoms with Gasteiger partial charge in [0.05, 0.1) is 5.92 Å². The van der Waals surface area contributed by atoms with Crippen molar-refractivity contribution in [3.63, 3.8) is 0 Å². The van der Waals surface area contributed by atoms with E-state index in [9.17, 15) is 9.59 Å². The SMILES string of the molecule is CC(C)n1cnc([C@H]2CN(C(=O)c3ccccc3)c3ccc(C(=O)Nc4ccc(Cl)cc4)cc32)n1. The molecule has 7 nitrogen and oxygen atoms in total. The molecule has 0 bridgehead atoms. The van der Waals surface area contributed by atoms with Gasteiger partial charge in [0.1, 0.15) is 6.33 Å². The molecule has 4 aromatic rings. The lowest BCUT2D eigenvalue weighted by molar-refractivity contribution is 0.0987. The van der Waals surface area contributed by atoms with Gasteiger partial charge in [-0.1, -0.05) is 29.8 Å². The summed E-state index contributed by atoms with van der Waals surface area (Å²) >= 11 is 5.95. The van der Waals surface area contributed by atoms with Crippen LogP contribution in [-0.2, 0) is 0 Å². The molecule has 1 aliphatic heterocycles. The Morgan fingerprint density at radius 1 is 1.00 bits per heavy atom. The molecular formula is C27H24ClN5O2. The molecule has 0 saturated carbocycles. The van der Waals surface area contributed by atoms with Gasteiger partial charge >= 0.3 is 0 Å². The average molecular weight is 486 g/mol. The molecule has 0 aliphatic carbocycles. The molecule has 1 N–H and O–H groups in total. The van der Waals surface area contributed by atoms with Gasteiger partial charge in [-0.15, -0.1) is 0 Å². The molecule has 0 unspecified atom stereocenters. The van der Waals surface area contributed by atoms with Crippen molar-refractivity contribution in [1.82, 2.24) is 14.8 Å². The summed E-state index contributed by atoms with van der Waals surface area (Å²) in [6.07, 6.45) is 1.71. The van der Waals surface area contributed by atoms with E-state index in [4.69, 9.17) is 11.6 Å². The fraction of sp³-hybridized carbons (Fsp3) is 0.185. The molecule has 1 aliphatic rings. The number of carbonyl (C=O) groups excluding carboxylic acids is 2. The third kappa shape index (κ3) is 4.55. The third-order valence-corrected chi connectivity index (χ3v) is 6.31. The monoisotopic (exact) mass is 485 g/mol. The summed E-state index contributed by atoms with van der Waals surface area (Å²) in [6.45, 7) is 4.46. The second-order valence-electron chi connectivity index (χ2n) is 8.75. The third-order valence-electron chi connectivity index (χ3n) is 6.06. The predicted octanol–water partition coefficient (Wildman–Crippen LogP) is 5.56. The highest BCUT2D eigenvalue weighted by Crippen LogP contribution is 2.40. The zero-order chi connectivity index (χ0) is 24.5. The highest BCUT2D eigenvalue weighted by Gasteiger charge is 2.36. The van der Waals surface area contributed by atoms with Crippen LogP contribution in [0, 0.1) is 0 Å². The number of benzene rings is 3. The average Bonchev–Trinajstić information content (AvgIpc) is 3.50. The number of amides is 2. The Morgan fingerprint density at radius 2 is 1.74 bits per heavy atom. The van der Waals surface area contributed by atoms with Crippen LogP contribution in [0.3, 0.4) is 0 Å². The first-order valence-electron chi connectivity index (χ1n) is 11.4. The molecule has 1 atom stereocenters. The van der Waals surface area contributed by atoms with Crippen molar-refractivity contribution in [3.05, 3.63) is 107 Å². The van der Waals surface area contributed by atoms with Gasteiger partial charge in [-0.2, -0.15) is 5.10 Å². The number of carbonyl (C=O) groups is 2. The van der Waals surface area contributed by atoms with Crippen molar-refractivity contribution in [1.29, 1.82) is 0 Å². The van der Waals surface area contributed by atoms with Gasteiger partial charge in [0.15, 0.2) is 5.82 Å². The minimum Gasteiger partial charge on any atom is -0.322 e. The fourth-order valence-corrected chi connectivity index (χ4v) is 4.31. The van der Waals surface area contributed by atoms with Crippen molar-refractivity contribution in [2.75, 3.05) is 16.8 Å². The summed E-state index contributed by atoms with van der Waals surface area (Å²) in [5.74, 6) is 0.0258. The Hall–Kier alpha value is -3.97. The molecule has 0 radical (unpaired) electrons. The predicted molar refractivity (Wildman–Crippen MR) is 136 cm³/mol. The molecule has 0 spiro atoms. The van der Waals surface area contributed by atoms with Gasteiger partial charge in [0, 0.05) is 40.1 Å². The van der Waals surface area contributed by atoms with E-state index in [1.54, 1.807) is 58.4 Å². The summed E-state index contributed by atoms with van der Waals surface area (Å²) < 4.78 is 1.80. The number of nitrogens with one attached hydrogen (secondary N) is 1. The standard InChI is InChI=1S/C27H24ClN5O2/c1-17(2)33-16-29-25(31-33)23-15-32(27(35)18-6-4-3-5-7-18)24-13-8-19(14-22(23)24)26(34)30-21-11-9-20(28)10-12-21/h3-14,16-17,23H,15H2,1-2H3,(H,30,34)/t23-/m0/s1. The van der Waals surface area contributed by atoms with Crippen LogP contribution in [0.1, 0.15) is 57.9 Å². The summed E-state index contributed by atoms with van der Waals surface area (Å²) in [5, 5.41) is 8.16. The normalized spacial score (nSPS) is 14.7. The minimum absolute atomic E-state index is 0.101. The van der Waals surface area contributed by atoms with Gasteiger partial charge < -0.3 is 10.2 Å². The minimum atomic E-state index is -0.249. The molecular weight excluding hydrogens is 462 g/mol. The van der Waals surface area contributed by atoms with E-state index in [0.717, 1.165) is 11.3 Å². The molecule has 2 amide bonds. The van der Waals surface area contributed by atoms with Gasteiger partial charge in [0.25, 0.3) is 11.8 Å². The summed E-state index contributed by atoms with van der Waals surface area (Å²) in [6, 6.07) is 21.7.